The lowest BCUT2D eigenvalue weighted by Crippen LogP contribution is -2.67. The number of carbonyl (C=O) groups is 1. The average molecular weight is 528 g/mol. The number of rotatable bonds is 10. The number of aromatic carboxylic acids is 1. The molecule has 0 bridgehead atoms. The molecular formula is C32H37NO4Si. The second-order valence-corrected chi connectivity index (χ2v) is 15.8. The van der Waals surface area contributed by atoms with Crippen molar-refractivity contribution in [1.29, 1.82) is 0 Å². The zero-order chi connectivity index (χ0) is 26.9. The van der Waals surface area contributed by atoms with Crippen LogP contribution in [-0.4, -0.2) is 36.7 Å². The zero-order valence-corrected chi connectivity index (χ0v) is 23.7. The van der Waals surface area contributed by atoms with E-state index in [9.17, 15) is 9.90 Å². The normalized spacial score (nSPS) is 14.9. The minimum Gasteiger partial charge on any atom is -0.486 e. The molecule has 5 rings (SSSR count). The van der Waals surface area contributed by atoms with E-state index in [-0.39, 0.29) is 11.1 Å². The Morgan fingerprint density at radius 1 is 0.974 bits per heavy atom. The molecule has 198 valence electrons. The maximum absolute atomic E-state index is 12.0. The molecule has 6 heteroatoms. The summed E-state index contributed by atoms with van der Waals surface area (Å²) in [6, 6.07) is 28.8. The van der Waals surface area contributed by atoms with Gasteiger partial charge in [-0.25, -0.2) is 4.79 Å². The van der Waals surface area contributed by atoms with Gasteiger partial charge in [-0.2, -0.15) is 0 Å². The summed E-state index contributed by atoms with van der Waals surface area (Å²) in [5.74, 6) is 0.331. The summed E-state index contributed by atoms with van der Waals surface area (Å²) in [6.07, 6.45) is 2.05. The fourth-order valence-corrected chi connectivity index (χ4v) is 10.2. The minimum atomic E-state index is -2.68. The number of para-hydroxylation sites is 1. The Labute approximate surface area is 226 Å². The molecule has 1 fully saturated rings. The molecule has 38 heavy (non-hydrogen) atoms. The lowest BCUT2D eigenvalue weighted by atomic mass is 10.2. The van der Waals surface area contributed by atoms with Gasteiger partial charge in [0, 0.05) is 11.9 Å². The summed E-state index contributed by atoms with van der Waals surface area (Å²) >= 11 is 0. The van der Waals surface area contributed by atoms with Crippen LogP contribution in [0.2, 0.25) is 5.04 Å². The summed E-state index contributed by atoms with van der Waals surface area (Å²) in [5, 5.41) is 13.1. The zero-order valence-electron chi connectivity index (χ0n) is 22.7. The molecule has 1 aromatic heterocycles. The molecule has 0 radical (unpaired) electrons. The first-order valence-corrected chi connectivity index (χ1v) is 15.4. The Morgan fingerprint density at radius 3 is 2.11 bits per heavy atom. The Bertz CT molecular complexity index is 1360. The highest BCUT2D eigenvalue weighted by molar-refractivity contribution is 6.99. The van der Waals surface area contributed by atoms with Crippen LogP contribution in [0.5, 0.6) is 5.75 Å². The van der Waals surface area contributed by atoms with E-state index in [2.05, 4.69) is 69.3 Å². The molecule has 0 saturated heterocycles. The molecule has 3 aromatic carbocycles. The third-order valence-electron chi connectivity index (χ3n) is 7.52. The molecule has 1 N–H and O–H groups in total. The van der Waals surface area contributed by atoms with Crippen molar-refractivity contribution >= 4 is 35.6 Å². The number of hydrogen-bond donors (Lipinski definition) is 1. The number of hydrogen-bond acceptors (Lipinski definition) is 3. The maximum Gasteiger partial charge on any atom is 0.352 e. The van der Waals surface area contributed by atoms with Crippen molar-refractivity contribution in [2.75, 3.05) is 6.61 Å². The van der Waals surface area contributed by atoms with Crippen molar-refractivity contribution in [3.63, 3.8) is 0 Å². The van der Waals surface area contributed by atoms with Crippen LogP contribution in [0.25, 0.3) is 10.9 Å². The van der Waals surface area contributed by atoms with E-state index in [1.165, 1.54) is 10.4 Å². The molecule has 0 amide bonds. The van der Waals surface area contributed by atoms with E-state index >= 15 is 0 Å². The largest absolute Gasteiger partial charge is 0.486 e. The first-order valence-electron chi connectivity index (χ1n) is 13.5. The van der Waals surface area contributed by atoms with Gasteiger partial charge in [0.2, 0.25) is 0 Å². The van der Waals surface area contributed by atoms with Crippen molar-refractivity contribution in [3.8, 4) is 5.75 Å². The summed E-state index contributed by atoms with van der Waals surface area (Å²) in [4.78, 5) is 12.0. The molecule has 1 saturated carbocycles. The number of carboxylic acid groups (broad SMARTS) is 1. The number of fused-ring (bicyclic) bond motifs is 1. The third kappa shape index (κ3) is 5.03. The van der Waals surface area contributed by atoms with Gasteiger partial charge >= 0.3 is 5.97 Å². The van der Waals surface area contributed by atoms with Gasteiger partial charge in [-0.05, 0) is 53.2 Å². The average Bonchev–Trinajstić information content (AvgIpc) is 3.63. The van der Waals surface area contributed by atoms with Crippen LogP contribution in [0, 0.1) is 5.92 Å². The summed E-state index contributed by atoms with van der Waals surface area (Å²) in [6.45, 7) is 9.96. The van der Waals surface area contributed by atoms with E-state index in [1.54, 1.807) is 6.07 Å². The van der Waals surface area contributed by atoms with Gasteiger partial charge in [-0.15, -0.1) is 0 Å². The van der Waals surface area contributed by atoms with Crippen LogP contribution < -0.4 is 15.1 Å². The van der Waals surface area contributed by atoms with Crippen molar-refractivity contribution in [1.82, 2.24) is 4.57 Å². The number of aromatic nitrogens is 1. The van der Waals surface area contributed by atoms with Gasteiger partial charge in [-0.3, -0.25) is 0 Å². The number of benzene rings is 3. The summed E-state index contributed by atoms with van der Waals surface area (Å²) in [5.41, 5.74) is 1.17. The van der Waals surface area contributed by atoms with Crippen LogP contribution in [0.3, 0.4) is 0 Å². The smallest absolute Gasteiger partial charge is 0.352 e. The Morgan fingerprint density at radius 2 is 1.58 bits per heavy atom. The fourth-order valence-electron chi connectivity index (χ4n) is 5.57. The molecule has 1 atom stereocenters. The molecular weight excluding hydrogens is 490 g/mol. The van der Waals surface area contributed by atoms with Gasteiger partial charge in [0.25, 0.3) is 8.32 Å². The fraction of sp³-hybridized carbons (Fsp3) is 0.344. The predicted octanol–water partition coefficient (Wildman–Crippen LogP) is 6.09. The van der Waals surface area contributed by atoms with Gasteiger partial charge in [0.1, 0.15) is 17.5 Å². The van der Waals surface area contributed by atoms with E-state index in [4.69, 9.17) is 9.16 Å². The lowest BCUT2D eigenvalue weighted by molar-refractivity contribution is 0.0685. The van der Waals surface area contributed by atoms with Crippen LogP contribution in [0.4, 0.5) is 0 Å². The standard InChI is InChI=1S/C32H37NO4Si/c1-23(37-29-17-11-12-25-20-28(31(34)35)33(30(25)29)21-24-18-19-24)22-36-38(32(2,3)4,26-13-7-5-8-14-26)27-15-9-6-10-16-27/h5-17,20,23-24H,18-19,21-22H2,1-4H3,(H,34,35). The predicted molar refractivity (Wildman–Crippen MR) is 155 cm³/mol. The van der Waals surface area contributed by atoms with Gasteiger partial charge in [-0.1, -0.05) is 93.6 Å². The van der Waals surface area contributed by atoms with Crippen molar-refractivity contribution < 1.29 is 19.1 Å². The Balaban J connectivity index is 1.47. The van der Waals surface area contributed by atoms with Crippen molar-refractivity contribution in [2.45, 2.75) is 58.2 Å². The molecule has 0 spiro atoms. The molecule has 1 unspecified atom stereocenters. The molecule has 0 aliphatic heterocycles. The minimum absolute atomic E-state index is 0.120. The summed E-state index contributed by atoms with van der Waals surface area (Å²) in [7, 11) is -2.68. The second-order valence-electron chi connectivity index (χ2n) is 11.5. The van der Waals surface area contributed by atoms with Gasteiger partial charge in [0.15, 0.2) is 0 Å². The molecule has 1 aliphatic rings. The number of carboxylic acids is 1. The number of ether oxygens (including phenoxy) is 1. The van der Waals surface area contributed by atoms with E-state index < -0.39 is 14.3 Å². The van der Waals surface area contributed by atoms with Crippen LogP contribution in [-0.2, 0) is 11.0 Å². The SMILES string of the molecule is CC(CO[Si](c1ccccc1)(c1ccccc1)C(C)(C)C)Oc1cccc2cc(C(=O)O)n(CC3CC3)c12. The third-order valence-corrected chi connectivity index (χ3v) is 12.5. The maximum atomic E-state index is 12.0. The second kappa shape index (κ2) is 10.4. The highest BCUT2D eigenvalue weighted by atomic mass is 28.4. The van der Waals surface area contributed by atoms with Gasteiger partial charge in [0.05, 0.1) is 12.1 Å². The highest BCUT2D eigenvalue weighted by Gasteiger charge is 2.50. The molecule has 5 nitrogen and oxygen atoms in total. The van der Waals surface area contributed by atoms with E-state index in [0.717, 1.165) is 23.7 Å². The van der Waals surface area contributed by atoms with Crippen LogP contribution >= 0.6 is 0 Å². The topological polar surface area (TPSA) is 60.7 Å². The van der Waals surface area contributed by atoms with Gasteiger partial charge < -0.3 is 18.8 Å². The van der Waals surface area contributed by atoms with Crippen molar-refractivity contribution in [3.05, 3.63) is 90.6 Å². The summed E-state index contributed by atoms with van der Waals surface area (Å²) < 4.78 is 15.5. The number of nitrogens with zero attached hydrogens (tertiary/aromatic N) is 1. The monoisotopic (exact) mass is 527 g/mol. The van der Waals surface area contributed by atoms with Crippen molar-refractivity contribution in [2.24, 2.45) is 5.92 Å². The first kappa shape index (κ1) is 26.3. The molecule has 1 heterocycles. The van der Waals surface area contributed by atoms with E-state index in [0.29, 0.717) is 30.5 Å². The Hall–Kier alpha value is -3.35. The van der Waals surface area contributed by atoms with E-state index in [1.807, 2.05) is 41.8 Å². The van der Waals surface area contributed by atoms with Crippen LogP contribution in [0.15, 0.2) is 84.9 Å². The lowest BCUT2D eigenvalue weighted by Gasteiger charge is -2.43. The highest BCUT2D eigenvalue weighted by Crippen LogP contribution is 2.38. The Kier molecular flexibility index (Phi) is 7.21. The van der Waals surface area contributed by atoms with Crippen LogP contribution in [0.1, 0.15) is 51.0 Å². The molecule has 4 aromatic rings. The quantitative estimate of drug-likeness (QED) is 0.254. The first-order chi connectivity index (χ1) is 18.2. The molecule has 1 aliphatic carbocycles.